The molecule has 3 N–H and O–H groups in total. The minimum Gasteiger partial charge on any atom is -0.481 e. The molecule has 1 heterocycles. The second-order valence-electron chi connectivity index (χ2n) is 9.42. The number of thiophene rings is 1. The Balaban J connectivity index is 1.55. The molecule has 0 radical (unpaired) electrons. The van der Waals surface area contributed by atoms with Crippen LogP contribution < -0.4 is 0 Å². The first-order valence-electron chi connectivity index (χ1n) is 11.8. The Bertz CT molecular complexity index is 821. The van der Waals surface area contributed by atoms with Gasteiger partial charge < -0.3 is 15.3 Å². The quantitative estimate of drug-likeness (QED) is 0.299. The molecular formula is C26H35NO4S. The van der Waals surface area contributed by atoms with Crippen molar-refractivity contribution in [3.8, 4) is 6.07 Å². The number of aliphatic hydroxyl groups is 2. The highest BCUT2D eigenvalue weighted by molar-refractivity contribution is 7.09. The third-order valence-corrected chi connectivity index (χ3v) is 8.21. The first kappa shape index (κ1) is 24.7. The van der Waals surface area contributed by atoms with Crippen molar-refractivity contribution < 1.29 is 20.1 Å². The fourth-order valence-electron chi connectivity index (χ4n) is 5.26. The van der Waals surface area contributed by atoms with E-state index in [1.54, 1.807) is 11.3 Å². The molecule has 174 valence electrons. The highest BCUT2D eigenvalue weighted by Crippen LogP contribution is 2.48. The zero-order valence-corrected chi connectivity index (χ0v) is 19.4. The lowest BCUT2D eigenvalue weighted by Gasteiger charge is -2.45. The number of aliphatic carboxylic acids is 1. The number of carboxylic acids is 1. The summed E-state index contributed by atoms with van der Waals surface area (Å²) in [5.41, 5.74) is -0.0310. The summed E-state index contributed by atoms with van der Waals surface area (Å²) < 4.78 is 0. The smallest absolute Gasteiger partial charge is 0.303 e. The van der Waals surface area contributed by atoms with E-state index in [0.29, 0.717) is 32.1 Å². The minimum absolute atomic E-state index is 0.0310. The lowest BCUT2D eigenvalue weighted by molar-refractivity contribution is -0.137. The van der Waals surface area contributed by atoms with Gasteiger partial charge in [0.25, 0.3) is 0 Å². The normalized spacial score (nSPS) is 28.0. The molecule has 0 aromatic carbocycles. The van der Waals surface area contributed by atoms with Crippen LogP contribution in [0.4, 0.5) is 0 Å². The van der Waals surface area contributed by atoms with Crippen LogP contribution in [0.5, 0.6) is 0 Å². The van der Waals surface area contributed by atoms with Crippen molar-refractivity contribution in [2.45, 2.75) is 76.4 Å². The van der Waals surface area contributed by atoms with Crippen LogP contribution in [0.25, 0.3) is 0 Å². The molecule has 0 amide bonds. The van der Waals surface area contributed by atoms with Crippen molar-refractivity contribution >= 4 is 17.3 Å². The van der Waals surface area contributed by atoms with E-state index in [4.69, 9.17) is 5.11 Å². The average molecular weight is 458 g/mol. The lowest BCUT2D eigenvalue weighted by Crippen LogP contribution is -2.42. The average Bonchev–Trinajstić information content (AvgIpc) is 3.35. The molecule has 2 fully saturated rings. The molecule has 0 spiro atoms. The molecule has 2 aliphatic carbocycles. The summed E-state index contributed by atoms with van der Waals surface area (Å²) in [6, 6.07) is 6.56. The lowest BCUT2D eigenvalue weighted by atomic mass is 9.62. The van der Waals surface area contributed by atoms with Gasteiger partial charge >= 0.3 is 5.97 Å². The predicted octanol–water partition coefficient (Wildman–Crippen LogP) is 5.11. The summed E-state index contributed by atoms with van der Waals surface area (Å²) in [5.74, 6) is -1.02. The van der Waals surface area contributed by atoms with Gasteiger partial charge in [0.1, 0.15) is 0 Å². The van der Waals surface area contributed by atoms with Gasteiger partial charge in [0.2, 0.25) is 0 Å². The largest absolute Gasteiger partial charge is 0.481 e. The molecule has 0 saturated heterocycles. The third-order valence-electron chi connectivity index (χ3n) is 7.33. The molecule has 0 bridgehead atoms. The Morgan fingerprint density at radius 2 is 2.16 bits per heavy atom. The zero-order chi connectivity index (χ0) is 23.0. The molecule has 1 aromatic heterocycles. The number of carboxylic acid groups (broad SMARTS) is 1. The van der Waals surface area contributed by atoms with Crippen LogP contribution in [-0.2, 0) is 11.2 Å². The number of hydrogen-bond acceptors (Lipinski definition) is 5. The Kier molecular flexibility index (Phi) is 9.10. The van der Waals surface area contributed by atoms with Gasteiger partial charge in [-0.05, 0) is 68.7 Å². The molecule has 0 aliphatic heterocycles. The van der Waals surface area contributed by atoms with E-state index >= 15 is 0 Å². The standard InChI is InChI=1S/C26H35NO4S/c27-18-19-16-23(28)22(21(19)9-3-1-2-4-12-25(30)31)10-5-11-24(29)26(13-7-14-26)17-20-8-6-15-32-20/h1,3,5-6,8,10,15,19,21-24,28-29H,2,4,7,9,11-14,16-17H2,(H,30,31)/b3-1-,10-5+/t19?,21-,22?,23+,24?/m0/s1. The van der Waals surface area contributed by atoms with Crippen LogP contribution >= 0.6 is 11.3 Å². The highest BCUT2D eigenvalue weighted by atomic mass is 32.1. The molecule has 5 nitrogen and oxygen atoms in total. The van der Waals surface area contributed by atoms with Crippen molar-refractivity contribution in [1.82, 2.24) is 0 Å². The molecule has 1 aromatic rings. The summed E-state index contributed by atoms with van der Waals surface area (Å²) in [7, 11) is 0. The maximum atomic E-state index is 11.0. The summed E-state index contributed by atoms with van der Waals surface area (Å²) >= 11 is 1.75. The fraction of sp³-hybridized carbons (Fsp3) is 0.615. The van der Waals surface area contributed by atoms with E-state index in [-0.39, 0.29) is 29.6 Å². The van der Waals surface area contributed by atoms with Crippen LogP contribution in [0.1, 0.15) is 62.7 Å². The third kappa shape index (κ3) is 6.31. The second-order valence-corrected chi connectivity index (χ2v) is 10.5. The SMILES string of the molecule is N#CC1C[C@@H](O)C(/C=C/CC(O)C2(Cc3cccs3)CCC2)[C@H]1C/C=C\CCCC(=O)O. The van der Waals surface area contributed by atoms with Gasteiger partial charge in [-0.1, -0.05) is 36.8 Å². The van der Waals surface area contributed by atoms with Crippen LogP contribution in [0.2, 0.25) is 0 Å². The molecular weight excluding hydrogens is 422 g/mol. The van der Waals surface area contributed by atoms with Crippen molar-refractivity contribution in [3.05, 3.63) is 46.7 Å². The van der Waals surface area contributed by atoms with Gasteiger partial charge in [-0.3, -0.25) is 4.79 Å². The number of allylic oxidation sites excluding steroid dienone is 2. The van der Waals surface area contributed by atoms with E-state index in [1.807, 2.05) is 24.3 Å². The molecule has 5 atom stereocenters. The number of hydrogen-bond donors (Lipinski definition) is 3. The van der Waals surface area contributed by atoms with Crippen molar-refractivity contribution in [2.75, 3.05) is 0 Å². The maximum Gasteiger partial charge on any atom is 0.303 e. The Hall–Kier alpha value is -1.94. The summed E-state index contributed by atoms with van der Waals surface area (Å²) in [4.78, 5) is 11.9. The van der Waals surface area contributed by atoms with Crippen molar-refractivity contribution in [3.63, 3.8) is 0 Å². The number of aliphatic hydroxyl groups excluding tert-OH is 2. The number of unbranched alkanes of at least 4 members (excludes halogenated alkanes) is 1. The molecule has 32 heavy (non-hydrogen) atoms. The van der Waals surface area contributed by atoms with E-state index in [2.05, 4.69) is 23.6 Å². The van der Waals surface area contributed by atoms with E-state index in [0.717, 1.165) is 25.7 Å². The van der Waals surface area contributed by atoms with Crippen LogP contribution in [0, 0.1) is 34.5 Å². The number of rotatable bonds is 12. The first-order chi connectivity index (χ1) is 15.4. The van der Waals surface area contributed by atoms with Gasteiger partial charge in [0, 0.05) is 22.6 Å². The van der Waals surface area contributed by atoms with Crippen LogP contribution in [-0.4, -0.2) is 33.5 Å². The number of nitrogens with zero attached hydrogens (tertiary/aromatic N) is 1. The van der Waals surface area contributed by atoms with Gasteiger partial charge in [0.05, 0.1) is 24.2 Å². The second kappa shape index (κ2) is 11.8. The monoisotopic (exact) mass is 457 g/mol. The molecule has 3 unspecified atom stereocenters. The van der Waals surface area contributed by atoms with E-state index < -0.39 is 18.2 Å². The summed E-state index contributed by atoms with van der Waals surface area (Å²) in [6.45, 7) is 0. The van der Waals surface area contributed by atoms with Gasteiger partial charge in [-0.15, -0.1) is 11.3 Å². The number of carbonyl (C=O) groups is 1. The minimum atomic E-state index is -0.784. The van der Waals surface area contributed by atoms with Crippen molar-refractivity contribution in [2.24, 2.45) is 23.2 Å². The van der Waals surface area contributed by atoms with Crippen LogP contribution in [0.3, 0.4) is 0 Å². The summed E-state index contributed by atoms with van der Waals surface area (Å²) in [5, 5.41) is 41.9. The van der Waals surface area contributed by atoms with Crippen LogP contribution in [0.15, 0.2) is 41.8 Å². The zero-order valence-electron chi connectivity index (χ0n) is 18.6. The maximum absolute atomic E-state index is 11.0. The van der Waals surface area contributed by atoms with E-state index in [9.17, 15) is 20.3 Å². The number of nitriles is 1. The Morgan fingerprint density at radius 1 is 1.34 bits per heavy atom. The molecule has 2 aliphatic rings. The van der Waals surface area contributed by atoms with Gasteiger partial charge in [-0.2, -0.15) is 5.26 Å². The fourth-order valence-corrected chi connectivity index (χ4v) is 6.12. The Labute approximate surface area is 195 Å². The topological polar surface area (TPSA) is 102 Å². The first-order valence-corrected chi connectivity index (χ1v) is 12.6. The van der Waals surface area contributed by atoms with Gasteiger partial charge in [0.15, 0.2) is 0 Å². The summed E-state index contributed by atoms with van der Waals surface area (Å²) in [6.07, 6.45) is 14.5. The molecule has 3 rings (SSSR count). The Morgan fingerprint density at radius 3 is 2.78 bits per heavy atom. The van der Waals surface area contributed by atoms with Gasteiger partial charge in [-0.25, -0.2) is 0 Å². The van der Waals surface area contributed by atoms with E-state index in [1.165, 1.54) is 4.88 Å². The predicted molar refractivity (Wildman–Crippen MR) is 126 cm³/mol. The molecule has 2 saturated carbocycles. The molecule has 6 heteroatoms. The van der Waals surface area contributed by atoms with Crippen molar-refractivity contribution in [1.29, 1.82) is 5.26 Å². The highest BCUT2D eigenvalue weighted by Gasteiger charge is 2.43.